The van der Waals surface area contributed by atoms with Crippen LogP contribution in [-0.4, -0.2) is 23.7 Å². The van der Waals surface area contributed by atoms with E-state index in [-0.39, 0.29) is 5.41 Å². The molecule has 1 aromatic carbocycles. The average Bonchev–Trinajstić information content (AvgIpc) is 3.44. The molecule has 4 heteroatoms. The van der Waals surface area contributed by atoms with E-state index in [2.05, 4.69) is 69.1 Å². The van der Waals surface area contributed by atoms with Gasteiger partial charge in [-0.15, -0.1) is 0 Å². The van der Waals surface area contributed by atoms with Gasteiger partial charge in [-0.25, -0.2) is 4.98 Å². The van der Waals surface area contributed by atoms with Gasteiger partial charge in [0, 0.05) is 19.3 Å². The Labute approximate surface area is 209 Å². The third-order valence-electron chi connectivity index (χ3n) is 10.8. The van der Waals surface area contributed by atoms with Crippen LogP contribution in [-0.2, 0) is 6.42 Å². The Bertz CT molecular complexity index is 1090. The molecular weight excluding hydrogens is 436 g/mol. The summed E-state index contributed by atoms with van der Waals surface area (Å²) in [4.78, 5) is 8.85. The minimum Gasteiger partial charge on any atom is -0.396 e. The van der Waals surface area contributed by atoms with Gasteiger partial charge in [-0.1, -0.05) is 56.4 Å². The molecule has 4 aliphatic rings. The summed E-state index contributed by atoms with van der Waals surface area (Å²) >= 11 is 1.91. The lowest BCUT2D eigenvalue weighted by molar-refractivity contribution is -0.0430. The maximum atomic E-state index is 9.92. The first-order valence-corrected chi connectivity index (χ1v) is 14.3. The minimum atomic E-state index is 0.285. The van der Waals surface area contributed by atoms with Gasteiger partial charge in [-0.05, 0) is 103 Å². The highest BCUT2D eigenvalue weighted by molar-refractivity contribution is 7.16. The quantitative estimate of drug-likeness (QED) is 0.501. The van der Waals surface area contributed by atoms with Crippen LogP contribution in [0.25, 0.3) is 5.57 Å². The first-order chi connectivity index (χ1) is 16.4. The number of aryl methyl sites for hydroxylation is 1. The zero-order chi connectivity index (χ0) is 23.7. The summed E-state index contributed by atoms with van der Waals surface area (Å²) in [5, 5.41) is 11.0. The van der Waals surface area contributed by atoms with Gasteiger partial charge in [-0.3, -0.25) is 0 Å². The van der Waals surface area contributed by atoms with Crippen molar-refractivity contribution >= 4 is 27.7 Å². The number of thiazole rings is 1. The van der Waals surface area contributed by atoms with Gasteiger partial charge >= 0.3 is 0 Å². The fraction of sp³-hybridized carbons (Fsp3) is 0.633. The third kappa shape index (κ3) is 3.20. The Hall–Kier alpha value is -1.65. The number of nitrogens with zero attached hydrogens (tertiary/aromatic N) is 2. The normalized spacial score (nSPS) is 37.1. The standard InChI is InChI=1S/C30H40N2OS/c1-19(18-33)22-12-13-23-21-10-11-25-27-26(15-17-30(25,3)24(21)14-16-29(22,23)2)31-28(34-27)32(4)20-8-6-5-7-9-20/h5-9,11,19,21-24,33H,10,12-18H2,1-4H3/t19-,21-,22+,23-,24-,29+,30+/m0/s1. The lowest BCUT2D eigenvalue weighted by atomic mass is 9.47. The van der Waals surface area contributed by atoms with E-state index in [9.17, 15) is 5.11 Å². The fourth-order valence-corrected chi connectivity index (χ4v) is 10.1. The second kappa shape index (κ2) is 8.20. The maximum absolute atomic E-state index is 9.92. The summed E-state index contributed by atoms with van der Waals surface area (Å²) < 4.78 is 0. The fourth-order valence-electron chi connectivity index (χ4n) is 8.87. The van der Waals surface area contributed by atoms with Crippen molar-refractivity contribution in [2.24, 2.45) is 40.4 Å². The Balaban J connectivity index is 1.32. The molecular formula is C30H40N2OS. The molecule has 7 atom stereocenters. The molecule has 0 saturated heterocycles. The van der Waals surface area contributed by atoms with Crippen LogP contribution in [0.5, 0.6) is 0 Å². The zero-order valence-corrected chi connectivity index (χ0v) is 22.1. The second-order valence-electron chi connectivity index (χ2n) is 12.2. The Morgan fingerprint density at radius 1 is 1.12 bits per heavy atom. The maximum Gasteiger partial charge on any atom is 0.190 e. The molecule has 1 aromatic heterocycles. The first kappa shape index (κ1) is 22.8. The van der Waals surface area contributed by atoms with Crippen molar-refractivity contribution < 1.29 is 5.11 Å². The van der Waals surface area contributed by atoms with E-state index < -0.39 is 0 Å². The van der Waals surface area contributed by atoms with E-state index in [1.165, 1.54) is 54.8 Å². The van der Waals surface area contributed by atoms with Crippen LogP contribution in [0.3, 0.4) is 0 Å². The molecule has 2 saturated carbocycles. The number of anilines is 2. The molecule has 1 heterocycles. The van der Waals surface area contributed by atoms with Crippen molar-refractivity contribution in [1.29, 1.82) is 0 Å². The van der Waals surface area contributed by atoms with E-state index in [4.69, 9.17) is 4.98 Å². The van der Waals surface area contributed by atoms with E-state index in [0.29, 0.717) is 23.9 Å². The molecule has 0 amide bonds. The van der Waals surface area contributed by atoms with Gasteiger partial charge in [0.05, 0.1) is 10.6 Å². The highest BCUT2D eigenvalue weighted by Crippen LogP contribution is 2.68. The third-order valence-corrected chi connectivity index (χ3v) is 12.0. The van der Waals surface area contributed by atoms with E-state index in [0.717, 1.165) is 29.3 Å². The largest absolute Gasteiger partial charge is 0.396 e. The lowest BCUT2D eigenvalue weighted by Gasteiger charge is -2.57. The highest BCUT2D eigenvalue weighted by atomic mass is 32.1. The summed E-state index contributed by atoms with van der Waals surface area (Å²) in [6.45, 7) is 7.79. The van der Waals surface area contributed by atoms with Crippen molar-refractivity contribution in [3.05, 3.63) is 47.0 Å². The summed E-state index contributed by atoms with van der Waals surface area (Å²) in [5.41, 5.74) is 4.84. The topological polar surface area (TPSA) is 36.4 Å². The van der Waals surface area contributed by atoms with E-state index >= 15 is 0 Å². The summed E-state index contributed by atoms with van der Waals surface area (Å²) in [6.07, 6.45) is 11.6. The molecule has 0 aliphatic heterocycles. The highest BCUT2D eigenvalue weighted by Gasteiger charge is 2.59. The number of hydrogen-bond acceptors (Lipinski definition) is 4. The summed E-state index contributed by atoms with van der Waals surface area (Å²) in [6, 6.07) is 10.6. The van der Waals surface area contributed by atoms with Crippen molar-refractivity contribution in [3.63, 3.8) is 0 Å². The Morgan fingerprint density at radius 2 is 1.91 bits per heavy atom. The molecule has 6 rings (SSSR count). The van der Waals surface area contributed by atoms with Crippen molar-refractivity contribution in [2.45, 2.75) is 65.7 Å². The number of fused-ring (bicyclic) bond motifs is 7. The number of rotatable bonds is 4. The van der Waals surface area contributed by atoms with E-state index in [1.807, 2.05) is 11.3 Å². The number of aromatic nitrogens is 1. The van der Waals surface area contributed by atoms with Crippen LogP contribution in [0.4, 0.5) is 10.8 Å². The number of para-hydroxylation sites is 1. The van der Waals surface area contributed by atoms with Crippen molar-refractivity contribution in [2.75, 3.05) is 18.6 Å². The zero-order valence-electron chi connectivity index (χ0n) is 21.3. The number of allylic oxidation sites excluding steroid dienone is 2. The number of hydrogen-bond donors (Lipinski definition) is 1. The molecule has 3 nitrogen and oxygen atoms in total. The predicted molar refractivity (Wildman–Crippen MR) is 142 cm³/mol. The summed E-state index contributed by atoms with van der Waals surface area (Å²) in [7, 11) is 2.15. The molecule has 0 spiro atoms. The lowest BCUT2D eigenvalue weighted by Crippen LogP contribution is -2.50. The van der Waals surface area contributed by atoms with E-state index in [1.54, 1.807) is 5.57 Å². The number of aliphatic hydroxyl groups is 1. The summed E-state index contributed by atoms with van der Waals surface area (Å²) in [5.74, 6) is 3.55. The molecule has 2 fully saturated rings. The minimum absolute atomic E-state index is 0.285. The Morgan fingerprint density at radius 3 is 2.68 bits per heavy atom. The molecule has 182 valence electrons. The first-order valence-electron chi connectivity index (χ1n) is 13.5. The average molecular weight is 477 g/mol. The number of aliphatic hydroxyl groups excluding tert-OH is 1. The van der Waals surface area contributed by atoms with Crippen LogP contribution in [0.15, 0.2) is 36.4 Å². The van der Waals surface area contributed by atoms with Crippen LogP contribution in [0.1, 0.15) is 69.9 Å². The molecule has 34 heavy (non-hydrogen) atoms. The molecule has 4 aliphatic carbocycles. The van der Waals surface area contributed by atoms with Gasteiger partial charge in [0.1, 0.15) is 0 Å². The molecule has 0 unspecified atom stereocenters. The van der Waals surface area contributed by atoms with Gasteiger partial charge in [0.15, 0.2) is 5.13 Å². The van der Waals surface area contributed by atoms with Crippen LogP contribution in [0, 0.1) is 40.4 Å². The molecule has 0 bridgehead atoms. The van der Waals surface area contributed by atoms with Crippen molar-refractivity contribution in [1.82, 2.24) is 4.98 Å². The van der Waals surface area contributed by atoms with Crippen LogP contribution >= 0.6 is 11.3 Å². The molecule has 2 aromatic rings. The second-order valence-corrected chi connectivity index (χ2v) is 13.2. The van der Waals surface area contributed by atoms with Gasteiger partial charge in [0.25, 0.3) is 0 Å². The van der Waals surface area contributed by atoms with Crippen LogP contribution < -0.4 is 4.90 Å². The van der Waals surface area contributed by atoms with Crippen LogP contribution in [0.2, 0.25) is 0 Å². The van der Waals surface area contributed by atoms with Crippen molar-refractivity contribution in [3.8, 4) is 0 Å². The Kier molecular flexibility index (Phi) is 5.50. The van der Waals surface area contributed by atoms with Gasteiger partial charge in [0.2, 0.25) is 0 Å². The number of benzene rings is 1. The van der Waals surface area contributed by atoms with Gasteiger partial charge in [-0.2, -0.15) is 0 Å². The predicted octanol–water partition coefficient (Wildman–Crippen LogP) is 7.34. The smallest absolute Gasteiger partial charge is 0.190 e. The van der Waals surface area contributed by atoms with Gasteiger partial charge < -0.3 is 10.0 Å². The SMILES string of the molecule is C[C@@H](CO)[C@H]1CC[C@H]2[C@@H]3CC=C4c5sc(N(C)c6ccccc6)nc5CC[C@]4(C)[C@H]3CC[C@]12C. The molecule has 0 radical (unpaired) electrons. The monoisotopic (exact) mass is 476 g/mol. The molecule has 1 N–H and O–H groups in total.